The third-order valence-electron chi connectivity index (χ3n) is 3.03. The minimum absolute atomic E-state index is 0.157. The van der Waals surface area contributed by atoms with Crippen molar-refractivity contribution in [3.8, 4) is 0 Å². The highest BCUT2D eigenvalue weighted by Crippen LogP contribution is 2.24. The molecule has 0 heterocycles. The maximum Gasteiger partial charge on any atom is 0.234 e. The molecule has 0 aliphatic heterocycles. The van der Waals surface area contributed by atoms with Crippen LogP contribution in [0, 0.1) is 5.82 Å². The lowest BCUT2D eigenvalue weighted by atomic mass is 10.2. The molecule has 0 spiro atoms. The molecule has 7 heteroatoms. The zero-order chi connectivity index (χ0) is 17.5. The second-order valence-corrected chi connectivity index (χ2v) is 6.39. The first kappa shape index (κ1) is 18.3. The highest BCUT2D eigenvalue weighted by Gasteiger charge is 2.09. The van der Waals surface area contributed by atoms with Gasteiger partial charge in [0.15, 0.2) is 0 Å². The number of benzene rings is 2. The number of anilines is 2. The second-order valence-electron chi connectivity index (χ2n) is 5.00. The van der Waals surface area contributed by atoms with Crippen molar-refractivity contribution in [2.75, 3.05) is 16.4 Å². The van der Waals surface area contributed by atoms with Gasteiger partial charge in [-0.3, -0.25) is 9.59 Å². The number of carbonyl (C=O) groups excluding carboxylic acids is 2. The molecule has 126 valence electrons. The molecule has 2 amide bonds. The molecule has 2 aromatic carbocycles. The van der Waals surface area contributed by atoms with Gasteiger partial charge in [-0.15, -0.1) is 11.8 Å². The minimum atomic E-state index is -0.371. The third-order valence-corrected chi connectivity index (χ3v) is 4.34. The predicted octanol–water partition coefficient (Wildman–Crippen LogP) is 4.31. The Labute approximate surface area is 148 Å². The summed E-state index contributed by atoms with van der Waals surface area (Å²) in [5.41, 5.74) is 1.68. The average molecular weight is 367 g/mol. The van der Waals surface area contributed by atoms with Crippen molar-refractivity contribution in [3.05, 3.63) is 58.9 Å². The van der Waals surface area contributed by atoms with Crippen LogP contribution in [0.15, 0.2) is 42.5 Å². The van der Waals surface area contributed by atoms with Gasteiger partial charge in [-0.05, 0) is 36.4 Å². The summed E-state index contributed by atoms with van der Waals surface area (Å²) < 4.78 is 13.6. The molecule has 0 bridgehead atoms. The Morgan fingerprint density at radius 2 is 1.71 bits per heavy atom. The van der Waals surface area contributed by atoms with Gasteiger partial charge in [0.05, 0.1) is 5.75 Å². The summed E-state index contributed by atoms with van der Waals surface area (Å²) >= 11 is 7.22. The number of hydrogen-bond acceptors (Lipinski definition) is 3. The Kier molecular flexibility index (Phi) is 6.63. The Morgan fingerprint density at radius 3 is 2.29 bits per heavy atom. The van der Waals surface area contributed by atoms with Crippen molar-refractivity contribution < 1.29 is 14.0 Å². The molecule has 0 aromatic heterocycles. The highest BCUT2D eigenvalue weighted by atomic mass is 35.5. The molecule has 0 aliphatic carbocycles. The lowest BCUT2D eigenvalue weighted by molar-refractivity contribution is -0.114. The first-order valence-electron chi connectivity index (χ1n) is 7.14. The Hall–Kier alpha value is -2.05. The summed E-state index contributed by atoms with van der Waals surface area (Å²) in [6, 6.07) is 11.3. The lowest BCUT2D eigenvalue weighted by Crippen LogP contribution is -2.14. The zero-order valence-electron chi connectivity index (χ0n) is 12.9. The zero-order valence-corrected chi connectivity index (χ0v) is 14.5. The smallest absolute Gasteiger partial charge is 0.234 e. The standard InChI is InChI=1S/C17H16ClFN2O2S/c1-11(22)20-12-5-7-13(8-6-12)21-17(23)10-24-9-14-15(18)3-2-4-16(14)19/h2-8H,9-10H2,1H3,(H,20,22)(H,21,23). The average Bonchev–Trinajstić information content (AvgIpc) is 2.52. The normalized spacial score (nSPS) is 10.3. The van der Waals surface area contributed by atoms with Crippen LogP contribution in [0.4, 0.5) is 15.8 Å². The minimum Gasteiger partial charge on any atom is -0.326 e. The largest absolute Gasteiger partial charge is 0.326 e. The van der Waals surface area contributed by atoms with Gasteiger partial charge in [-0.1, -0.05) is 17.7 Å². The molecule has 0 saturated heterocycles. The van der Waals surface area contributed by atoms with Crippen LogP contribution in [-0.2, 0) is 15.3 Å². The van der Waals surface area contributed by atoms with Crippen LogP contribution >= 0.6 is 23.4 Å². The molecule has 0 aliphatic rings. The number of rotatable bonds is 6. The Balaban J connectivity index is 1.82. The van der Waals surface area contributed by atoms with E-state index in [4.69, 9.17) is 11.6 Å². The molecular weight excluding hydrogens is 351 g/mol. The van der Waals surface area contributed by atoms with Crippen molar-refractivity contribution in [2.24, 2.45) is 0 Å². The fourth-order valence-electron chi connectivity index (χ4n) is 1.95. The number of halogens is 2. The molecule has 2 aromatic rings. The number of thioether (sulfide) groups is 1. The van der Waals surface area contributed by atoms with Crippen molar-refractivity contribution in [2.45, 2.75) is 12.7 Å². The van der Waals surface area contributed by atoms with Crippen molar-refractivity contribution in [1.82, 2.24) is 0 Å². The van der Waals surface area contributed by atoms with Gasteiger partial charge in [0.25, 0.3) is 0 Å². The summed E-state index contributed by atoms with van der Waals surface area (Å²) in [6.07, 6.45) is 0. The van der Waals surface area contributed by atoms with Crippen LogP contribution in [-0.4, -0.2) is 17.6 Å². The Morgan fingerprint density at radius 1 is 1.08 bits per heavy atom. The summed E-state index contributed by atoms with van der Waals surface area (Å²) in [6.45, 7) is 1.43. The van der Waals surface area contributed by atoms with Gasteiger partial charge in [0.1, 0.15) is 5.82 Å². The van der Waals surface area contributed by atoms with Gasteiger partial charge in [0.2, 0.25) is 11.8 Å². The molecule has 2 rings (SSSR count). The topological polar surface area (TPSA) is 58.2 Å². The van der Waals surface area contributed by atoms with Crippen LogP contribution in [0.1, 0.15) is 12.5 Å². The van der Waals surface area contributed by atoms with Crippen molar-refractivity contribution in [3.63, 3.8) is 0 Å². The van der Waals surface area contributed by atoms with Gasteiger partial charge in [0, 0.05) is 34.6 Å². The van der Waals surface area contributed by atoms with E-state index in [1.54, 1.807) is 36.4 Å². The fourth-order valence-corrected chi connectivity index (χ4v) is 3.12. The van der Waals surface area contributed by atoms with E-state index in [-0.39, 0.29) is 23.4 Å². The molecule has 4 nitrogen and oxygen atoms in total. The van der Waals surface area contributed by atoms with E-state index in [0.717, 1.165) is 0 Å². The van der Waals surface area contributed by atoms with Gasteiger partial charge >= 0.3 is 0 Å². The maximum absolute atomic E-state index is 13.6. The van der Waals surface area contributed by atoms with E-state index in [1.807, 2.05) is 0 Å². The first-order chi connectivity index (χ1) is 11.5. The second kappa shape index (κ2) is 8.70. The van der Waals surface area contributed by atoms with Gasteiger partial charge < -0.3 is 10.6 Å². The van der Waals surface area contributed by atoms with Gasteiger partial charge in [-0.25, -0.2) is 4.39 Å². The summed E-state index contributed by atoms with van der Waals surface area (Å²) in [5.74, 6) is -0.225. The number of amides is 2. The summed E-state index contributed by atoms with van der Waals surface area (Å²) in [7, 11) is 0. The van der Waals surface area contributed by atoms with Crippen LogP contribution in [0.2, 0.25) is 5.02 Å². The monoisotopic (exact) mass is 366 g/mol. The van der Waals surface area contributed by atoms with E-state index in [9.17, 15) is 14.0 Å². The van der Waals surface area contributed by atoms with Crippen molar-refractivity contribution in [1.29, 1.82) is 0 Å². The van der Waals surface area contributed by atoms with E-state index >= 15 is 0 Å². The maximum atomic E-state index is 13.6. The fraction of sp³-hybridized carbons (Fsp3) is 0.176. The van der Waals surface area contributed by atoms with Crippen LogP contribution in [0.25, 0.3) is 0 Å². The van der Waals surface area contributed by atoms with E-state index < -0.39 is 0 Å². The highest BCUT2D eigenvalue weighted by molar-refractivity contribution is 7.99. The SMILES string of the molecule is CC(=O)Nc1ccc(NC(=O)CSCc2c(F)cccc2Cl)cc1. The first-order valence-corrected chi connectivity index (χ1v) is 8.67. The summed E-state index contributed by atoms with van der Waals surface area (Å²) in [5, 5.41) is 5.74. The van der Waals surface area contributed by atoms with E-state index in [2.05, 4.69) is 10.6 Å². The van der Waals surface area contributed by atoms with Crippen molar-refractivity contribution >= 4 is 46.6 Å². The lowest BCUT2D eigenvalue weighted by Gasteiger charge is -2.08. The molecule has 0 radical (unpaired) electrons. The van der Waals surface area contributed by atoms with Crippen LogP contribution in [0.5, 0.6) is 0 Å². The summed E-state index contributed by atoms with van der Waals surface area (Å²) in [4.78, 5) is 22.8. The molecular formula is C17H16ClFN2O2S. The third kappa shape index (κ3) is 5.54. The van der Waals surface area contributed by atoms with Crippen LogP contribution in [0.3, 0.4) is 0 Å². The molecule has 0 atom stereocenters. The van der Waals surface area contributed by atoms with E-state index in [1.165, 1.54) is 24.8 Å². The molecule has 2 N–H and O–H groups in total. The van der Waals surface area contributed by atoms with Gasteiger partial charge in [-0.2, -0.15) is 0 Å². The predicted molar refractivity (Wildman–Crippen MR) is 96.9 cm³/mol. The van der Waals surface area contributed by atoms with Crippen LogP contribution < -0.4 is 10.6 Å². The van der Waals surface area contributed by atoms with E-state index in [0.29, 0.717) is 27.7 Å². The molecule has 0 fully saturated rings. The quantitative estimate of drug-likeness (QED) is 0.800. The molecule has 0 saturated carbocycles. The number of hydrogen-bond donors (Lipinski definition) is 2. The molecule has 24 heavy (non-hydrogen) atoms. The number of nitrogens with one attached hydrogen (secondary N) is 2. The number of carbonyl (C=O) groups is 2. The Bertz CT molecular complexity index is 718. The molecule has 0 unspecified atom stereocenters.